The number of unbranched alkanes of at least 4 members (excludes halogenated alkanes) is 1. The number of hydrogen-bond acceptors (Lipinski definition) is 2. The van der Waals surface area contributed by atoms with Gasteiger partial charge in [0.25, 0.3) is 0 Å². The lowest BCUT2D eigenvalue weighted by Crippen LogP contribution is -2.25. The maximum atomic E-state index is 5.32. The van der Waals surface area contributed by atoms with Crippen molar-refractivity contribution in [3.8, 4) is 0 Å². The first kappa shape index (κ1) is 6.62. The predicted molar refractivity (Wildman–Crippen MR) is 40.0 cm³/mol. The molecule has 0 aromatic carbocycles. The summed E-state index contributed by atoms with van der Waals surface area (Å²) in [5.41, 5.74) is 0. The molecule has 2 rings (SSSR count). The molecule has 0 aromatic heterocycles. The SMILES string of the molecule is CCCCN1CC2OC2C1. The zero-order chi connectivity index (χ0) is 6.97. The minimum atomic E-state index is 0.622. The van der Waals surface area contributed by atoms with Crippen LogP contribution in [0.1, 0.15) is 19.8 Å². The largest absolute Gasteiger partial charge is 0.367 e. The third-order valence-electron chi connectivity index (χ3n) is 2.39. The zero-order valence-electron chi connectivity index (χ0n) is 6.55. The van der Waals surface area contributed by atoms with E-state index in [-0.39, 0.29) is 0 Å². The highest BCUT2D eigenvalue weighted by atomic mass is 16.6. The van der Waals surface area contributed by atoms with E-state index in [9.17, 15) is 0 Å². The Labute approximate surface area is 62.2 Å². The van der Waals surface area contributed by atoms with Gasteiger partial charge in [0.15, 0.2) is 0 Å². The first-order valence-electron chi connectivity index (χ1n) is 4.28. The van der Waals surface area contributed by atoms with Gasteiger partial charge in [0.05, 0.1) is 12.2 Å². The van der Waals surface area contributed by atoms with E-state index in [4.69, 9.17) is 4.74 Å². The fraction of sp³-hybridized carbons (Fsp3) is 1.00. The second kappa shape index (κ2) is 2.51. The molecule has 0 amide bonds. The Balaban J connectivity index is 1.66. The first-order valence-corrected chi connectivity index (χ1v) is 4.28. The molecule has 58 valence electrons. The lowest BCUT2D eigenvalue weighted by atomic mass is 10.3. The second-order valence-electron chi connectivity index (χ2n) is 3.33. The van der Waals surface area contributed by atoms with Crippen molar-refractivity contribution in [1.29, 1.82) is 0 Å². The number of fused-ring (bicyclic) bond motifs is 1. The summed E-state index contributed by atoms with van der Waals surface area (Å²) in [7, 11) is 0. The van der Waals surface area contributed by atoms with Crippen molar-refractivity contribution in [2.75, 3.05) is 19.6 Å². The Morgan fingerprint density at radius 2 is 2.10 bits per heavy atom. The summed E-state index contributed by atoms with van der Waals surface area (Å²) in [6.45, 7) is 5.93. The molecule has 2 atom stereocenters. The van der Waals surface area contributed by atoms with Crippen LogP contribution in [-0.2, 0) is 4.74 Å². The summed E-state index contributed by atoms with van der Waals surface area (Å²) < 4.78 is 5.32. The van der Waals surface area contributed by atoms with E-state index in [1.807, 2.05) is 0 Å². The quantitative estimate of drug-likeness (QED) is 0.542. The van der Waals surface area contributed by atoms with Crippen molar-refractivity contribution >= 4 is 0 Å². The highest BCUT2D eigenvalue weighted by Crippen LogP contribution is 2.30. The molecule has 2 nitrogen and oxygen atoms in total. The molecule has 0 saturated carbocycles. The molecule has 0 bridgehead atoms. The zero-order valence-corrected chi connectivity index (χ0v) is 6.55. The molecule has 0 aromatic rings. The smallest absolute Gasteiger partial charge is 0.0981 e. The molecule has 0 radical (unpaired) electrons. The van der Waals surface area contributed by atoms with Crippen molar-refractivity contribution < 1.29 is 4.74 Å². The van der Waals surface area contributed by atoms with E-state index < -0.39 is 0 Å². The number of hydrogen-bond donors (Lipinski definition) is 0. The monoisotopic (exact) mass is 141 g/mol. The van der Waals surface area contributed by atoms with Crippen molar-refractivity contribution in [2.45, 2.75) is 32.0 Å². The third kappa shape index (κ3) is 1.18. The molecule has 2 saturated heterocycles. The van der Waals surface area contributed by atoms with Gasteiger partial charge in [-0.1, -0.05) is 13.3 Å². The van der Waals surface area contributed by atoms with E-state index in [2.05, 4.69) is 11.8 Å². The van der Waals surface area contributed by atoms with Crippen LogP contribution in [0.3, 0.4) is 0 Å². The van der Waals surface area contributed by atoms with Crippen molar-refractivity contribution in [2.24, 2.45) is 0 Å². The van der Waals surface area contributed by atoms with Gasteiger partial charge in [-0.2, -0.15) is 0 Å². The molecule has 2 heterocycles. The Hall–Kier alpha value is -0.0800. The van der Waals surface area contributed by atoms with Gasteiger partial charge in [-0.3, -0.25) is 4.90 Å². The lowest BCUT2D eigenvalue weighted by Gasteiger charge is -2.15. The van der Waals surface area contributed by atoms with Gasteiger partial charge < -0.3 is 4.74 Å². The molecule has 2 aliphatic rings. The van der Waals surface area contributed by atoms with Gasteiger partial charge in [0, 0.05) is 13.1 Å². The van der Waals surface area contributed by atoms with Crippen molar-refractivity contribution in [3.63, 3.8) is 0 Å². The van der Waals surface area contributed by atoms with Gasteiger partial charge in [-0.15, -0.1) is 0 Å². The lowest BCUT2D eigenvalue weighted by molar-refractivity contribution is 0.202. The number of nitrogens with zero attached hydrogens (tertiary/aromatic N) is 1. The molecule has 0 spiro atoms. The van der Waals surface area contributed by atoms with Gasteiger partial charge in [0.2, 0.25) is 0 Å². The predicted octanol–water partition coefficient (Wildman–Crippen LogP) is 0.869. The van der Waals surface area contributed by atoms with Crippen molar-refractivity contribution in [1.82, 2.24) is 4.90 Å². The molecular weight excluding hydrogens is 126 g/mol. The van der Waals surface area contributed by atoms with E-state index in [1.54, 1.807) is 0 Å². The van der Waals surface area contributed by atoms with Crippen LogP contribution >= 0.6 is 0 Å². The molecular formula is C8H15NO. The normalized spacial score (nSPS) is 38.1. The minimum Gasteiger partial charge on any atom is -0.367 e. The molecule has 2 unspecified atom stereocenters. The maximum absolute atomic E-state index is 5.32. The minimum absolute atomic E-state index is 0.622. The fourth-order valence-corrected chi connectivity index (χ4v) is 1.65. The topological polar surface area (TPSA) is 15.8 Å². The van der Waals surface area contributed by atoms with Crippen LogP contribution in [0.15, 0.2) is 0 Å². The van der Waals surface area contributed by atoms with Crippen LogP contribution in [0.4, 0.5) is 0 Å². The van der Waals surface area contributed by atoms with Crippen LogP contribution in [-0.4, -0.2) is 36.7 Å². The highest BCUT2D eigenvalue weighted by molar-refractivity contribution is 4.96. The second-order valence-corrected chi connectivity index (χ2v) is 3.33. The Kier molecular flexibility index (Phi) is 1.66. The third-order valence-corrected chi connectivity index (χ3v) is 2.39. The molecule has 0 N–H and O–H groups in total. The Bertz CT molecular complexity index is 116. The number of ether oxygens (including phenoxy) is 1. The van der Waals surface area contributed by atoms with Crippen LogP contribution in [0.25, 0.3) is 0 Å². The van der Waals surface area contributed by atoms with E-state index in [1.165, 1.54) is 32.5 Å². The van der Waals surface area contributed by atoms with Crippen LogP contribution in [0.5, 0.6) is 0 Å². The Morgan fingerprint density at radius 3 is 2.70 bits per heavy atom. The fourth-order valence-electron chi connectivity index (χ4n) is 1.65. The summed E-state index contributed by atoms with van der Waals surface area (Å²) in [4.78, 5) is 2.52. The highest BCUT2D eigenvalue weighted by Gasteiger charge is 2.46. The van der Waals surface area contributed by atoms with Gasteiger partial charge >= 0.3 is 0 Å². The standard InChI is InChI=1S/C8H15NO/c1-2-3-4-9-5-7-8(6-9)10-7/h7-8H,2-6H2,1H3. The molecule has 10 heavy (non-hydrogen) atoms. The Morgan fingerprint density at radius 1 is 1.40 bits per heavy atom. The van der Waals surface area contributed by atoms with Gasteiger partial charge in [0.1, 0.15) is 0 Å². The summed E-state index contributed by atoms with van der Waals surface area (Å²) in [6.07, 6.45) is 3.90. The molecule has 2 heteroatoms. The van der Waals surface area contributed by atoms with Gasteiger partial charge in [-0.05, 0) is 13.0 Å². The van der Waals surface area contributed by atoms with E-state index in [0.717, 1.165) is 0 Å². The summed E-state index contributed by atoms with van der Waals surface area (Å²) in [5, 5.41) is 0. The summed E-state index contributed by atoms with van der Waals surface area (Å²) >= 11 is 0. The maximum Gasteiger partial charge on any atom is 0.0981 e. The molecule has 2 fully saturated rings. The van der Waals surface area contributed by atoms with Crippen LogP contribution in [0, 0.1) is 0 Å². The number of rotatable bonds is 3. The average Bonchev–Trinajstić information content (AvgIpc) is 2.56. The van der Waals surface area contributed by atoms with Crippen LogP contribution in [0.2, 0.25) is 0 Å². The van der Waals surface area contributed by atoms with Crippen molar-refractivity contribution in [3.05, 3.63) is 0 Å². The number of morpholine rings is 1. The first-order chi connectivity index (χ1) is 4.90. The number of likely N-dealkylation sites (tertiary alicyclic amines) is 1. The van der Waals surface area contributed by atoms with E-state index >= 15 is 0 Å². The van der Waals surface area contributed by atoms with Crippen LogP contribution < -0.4 is 0 Å². The summed E-state index contributed by atoms with van der Waals surface area (Å²) in [6, 6.07) is 0. The molecule has 0 aliphatic carbocycles. The number of epoxide rings is 1. The molecule has 2 aliphatic heterocycles. The average molecular weight is 141 g/mol. The van der Waals surface area contributed by atoms with E-state index in [0.29, 0.717) is 12.2 Å². The van der Waals surface area contributed by atoms with Gasteiger partial charge in [-0.25, -0.2) is 0 Å². The summed E-state index contributed by atoms with van der Waals surface area (Å²) in [5.74, 6) is 0.